The molecule has 0 fully saturated rings. The molecule has 1 atom stereocenters. The second-order valence-electron chi connectivity index (χ2n) is 4.11. The van der Waals surface area contributed by atoms with Gasteiger partial charge in [0.05, 0.1) is 6.42 Å². The van der Waals surface area contributed by atoms with Gasteiger partial charge in [-0.3, -0.25) is 9.59 Å². The van der Waals surface area contributed by atoms with Gasteiger partial charge in [-0.25, -0.2) is 0 Å². The molecule has 4 heteroatoms. The maximum atomic E-state index is 11.8. The number of rotatable bonds is 8. The number of aliphatic carboxylic acids is 1. The van der Waals surface area contributed by atoms with Gasteiger partial charge in [-0.2, -0.15) is 0 Å². The van der Waals surface area contributed by atoms with E-state index >= 15 is 0 Å². The molecule has 0 aliphatic rings. The van der Waals surface area contributed by atoms with Crippen LogP contribution >= 0.6 is 0 Å². The predicted octanol–water partition coefficient (Wildman–Crippen LogP) is 2.18. The normalized spacial score (nSPS) is 12.5. The van der Waals surface area contributed by atoms with Gasteiger partial charge in [0.25, 0.3) is 0 Å². The van der Waals surface area contributed by atoms with E-state index in [0.29, 0.717) is 6.42 Å². The summed E-state index contributed by atoms with van der Waals surface area (Å²) in [4.78, 5) is 22.5. The SMILES string of the molecule is CCCC(CC(=O)O)C(=O)NC(CC)CC. The van der Waals surface area contributed by atoms with Crippen molar-refractivity contribution in [1.29, 1.82) is 0 Å². The highest BCUT2D eigenvalue weighted by molar-refractivity contribution is 5.83. The fourth-order valence-corrected chi connectivity index (χ4v) is 1.70. The highest BCUT2D eigenvalue weighted by atomic mass is 16.4. The van der Waals surface area contributed by atoms with E-state index in [-0.39, 0.29) is 24.3 Å². The van der Waals surface area contributed by atoms with Crippen LogP contribution in [-0.2, 0) is 9.59 Å². The summed E-state index contributed by atoms with van der Waals surface area (Å²) in [5, 5.41) is 11.6. The van der Waals surface area contributed by atoms with E-state index in [2.05, 4.69) is 5.32 Å². The first-order valence-corrected chi connectivity index (χ1v) is 6.07. The van der Waals surface area contributed by atoms with Gasteiger partial charge in [0, 0.05) is 12.0 Å². The molecule has 0 aromatic heterocycles. The summed E-state index contributed by atoms with van der Waals surface area (Å²) in [5.74, 6) is -1.40. The molecule has 94 valence electrons. The summed E-state index contributed by atoms with van der Waals surface area (Å²) in [7, 11) is 0. The fraction of sp³-hybridized carbons (Fsp3) is 0.833. The molecule has 0 spiro atoms. The lowest BCUT2D eigenvalue weighted by molar-refractivity contribution is -0.141. The minimum atomic E-state index is -0.904. The molecule has 0 aromatic carbocycles. The largest absolute Gasteiger partial charge is 0.481 e. The molecule has 1 amide bonds. The summed E-state index contributed by atoms with van der Waals surface area (Å²) in [6.07, 6.45) is 3.16. The molecule has 0 aliphatic carbocycles. The van der Waals surface area contributed by atoms with E-state index in [9.17, 15) is 9.59 Å². The van der Waals surface area contributed by atoms with Crippen LogP contribution in [-0.4, -0.2) is 23.0 Å². The van der Waals surface area contributed by atoms with Gasteiger partial charge in [0.15, 0.2) is 0 Å². The molecule has 0 bridgehead atoms. The topological polar surface area (TPSA) is 66.4 Å². The highest BCUT2D eigenvalue weighted by Crippen LogP contribution is 2.12. The van der Waals surface area contributed by atoms with Crippen LogP contribution in [0.4, 0.5) is 0 Å². The molecule has 0 aromatic rings. The first-order valence-electron chi connectivity index (χ1n) is 6.07. The Kier molecular flexibility index (Phi) is 7.60. The van der Waals surface area contributed by atoms with E-state index < -0.39 is 5.97 Å². The van der Waals surface area contributed by atoms with Crippen molar-refractivity contribution in [2.75, 3.05) is 0 Å². The lowest BCUT2D eigenvalue weighted by atomic mass is 9.98. The number of carbonyl (C=O) groups excluding carboxylic acids is 1. The second kappa shape index (κ2) is 8.13. The average molecular weight is 229 g/mol. The van der Waals surface area contributed by atoms with Crippen molar-refractivity contribution in [2.24, 2.45) is 5.92 Å². The van der Waals surface area contributed by atoms with E-state index in [4.69, 9.17) is 5.11 Å². The molecule has 4 nitrogen and oxygen atoms in total. The van der Waals surface area contributed by atoms with Crippen LogP contribution in [0.5, 0.6) is 0 Å². The van der Waals surface area contributed by atoms with Crippen molar-refractivity contribution >= 4 is 11.9 Å². The zero-order valence-electron chi connectivity index (χ0n) is 10.5. The molecule has 0 rings (SSSR count). The molecule has 0 radical (unpaired) electrons. The highest BCUT2D eigenvalue weighted by Gasteiger charge is 2.22. The quantitative estimate of drug-likeness (QED) is 0.670. The molecular weight excluding hydrogens is 206 g/mol. The van der Waals surface area contributed by atoms with Gasteiger partial charge >= 0.3 is 5.97 Å². The van der Waals surface area contributed by atoms with Crippen LogP contribution in [0.2, 0.25) is 0 Å². The molecule has 0 aliphatic heterocycles. The van der Waals surface area contributed by atoms with E-state index in [1.165, 1.54) is 0 Å². The standard InChI is InChI=1S/C12H23NO3/c1-4-7-9(8-11(14)15)12(16)13-10(5-2)6-3/h9-10H,4-8H2,1-3H3,(H,13,16)(H,14,15). The third-order valence-corrected chi connectivity index (χ3v) is 2.76. The van der Waals surface area contributed by atoms with Crippen molar-refractivity contribution in [3.63, 3.8) is 0 Å². The fourth-order valence-electron chi connectivity index (χ4n) is 1.70. The zero-order valence-corrected chi connectivity index (χ0v) is 10.5. The zero-order chi connectivity index (χ0) is 12.6. The molecule has 0 heterocycles. The summed E-state index contributed by atoms with van der Waals surface area (Å²) < 4.78 is 0. The van der Waals surface area contributed by atoms with Crippen LogP contribution in [0.25, 0.3) is 0 Å². The third kappa shape index (κ3) is 5.73. The first-order chi connectivity index (χ1) is 7.54. The number of carboxylic acid groups (broad SMARTS) is 1. The molecule has 0 saturated carbocycles. The van der Waals surface area contributed by atoms with E-state index in [0.717, 1.165) is 19.3 Å². The Balaban J connectivity index is 4.30. The number of nitrogens with one attached hydrogen (secondary N) is 1. The van der Waals surface area contributed by atoms with Crippen molar-refractivity contribution in [2.45, 2.75) is 58.9 Å². The number of hydrogen-bond donors (Lipinski definition) is 2. The molecule has 2 N–H and O–H groups in total. The van der Waals surface area contributed by atoms with Gasteiger partial charge in [-0.15, -0.1) is 0 Å². The Labute approximate surface area is 97.4 Å². The Bertz CT molecular complexity index is 224. The summed E-state index contributed by atoms with van der Waals surface area (Å²) in [5.41, 5.74) is 0. The number of carbonyl (C=O) groups is 2. The summed E-state index contributed by atoms with van der Waals surface area (Å²) >= 11 is 0. The minimum absolute atomic E-state index is 0.0696. The van der Waals surface area contributed by atoms with Gasteiger partial charge in [-0.05, 0) is 19.3 Å². The average Bonchev–Trinajstić information content (AvgIpc) is 2.24. The summed E-state index contributed by atoms with van der Waals surface area (Å²) in [6, 6.07) is 0.167. The van der Waals surface area contributed by atoms with Gasteiger partial charge in [0.2, 0.25) is 5.91 Å². The Morgan fingerprint density at radius 2 is 1.75 bits per heavy atom. The Morgan fingerprint density at radius 1 is 1.19 bits per heavy atom. The molecular formula is C12H23NO3. The maximum absolute atomic E-state index is 11.8. The Hall–Kier alpha value is -1.06. The lowest BCUT2D eigenvalue weighted by Crippen LogP contribution is -2.39. The monoisotopic (exact) mass is 229 g/mol. The van der Waals surface area contributed by atoms with Crippen LogP contribution in [0.1, 0.15) is 52.9 Å². The van der Waals surface area contributed by atoms with E-state index in [1.807, 2.05) is 20.8 Å². The second-order valence-corrected chi connectivity index (χ2v) is 4.11. The minimum Gasteiger partial charge on any atom is -0.481 e. The van der Waals surface area contributed by atoms with Crippen LogP contribution in [0, 0.1) is 5.92 Å². The Morgan fingerprint density at radius 3 is 2.12 bits per heavy atom. The summed E-state index contributed by atoms with van der Waals surface area (Å²) in [6.45, 7) is 5.99. The van der Waals surface area contributed by atoms with Gasteiger partial charge in [0.1, 0.15) is 0 Å². The van der Waals surface area contributed by atoms with Crippen molar-refractivity contribution in [3.8, 4) is 0 Å². The lowest BCUT2D eigenvalue weighted by Gasteiger charge is -2.19. The van der Waals surface area contributed by atoms with E-state index in [1.54, 1.807) is 0 Å². The number of hydrogen-bond acceptors (Lipinski definition) is 2. The van der Waals surface area contributed by atoms with Crippen LogP contribution < -0.4 is 5.32 Å². The first kappa shape index (κ1) is 14.9. The smallest absolute Gasteiger partial charge is 0.304 e. The van der Waals surface area contributed by atoms with Gasteiger partial charge < -0.3 is 10.4 Å². The maximum Gasteiger partial charge on any atom is 0.304 e. The third-order valence-electron chi connectivity index (χ3n) is 2.76. The number of amides is 1. The van der Waals surface area contributed by atoms with Crippen molar-refractivity contribution < 1.29 is 14.7 Å². The number of carboxylic acids is 1. The van der Waals surface area contributed by atoms with Gasteiger partial charge in [-0.1, -0.05) is 27.2 Å². The molecule has 1 unspecified atom stereocenters. The molecule has 16 heavy (non-hydrogen) atoms. The van der Waals surface area contributed by atoms with Crippen LogP contribution in [0.15, 0.2) is 0 Å². The van der Waals surface area contributed by atoms with Crippen LogP contribution in [0.3, 0.4) is 0 Å². The van der Waals surface area contributed by atoms with Crippen molar-refractivity contribution in [1.82, 2.24) is 5.32 Å². The van der Waals surface area contributed by atoms with Crippen molar-refractivity contribution in [3.05, 3.63) is 0 Å². The predicted molar refractivity (Wildman–Crippen MR) is 63.2 cm³/mol. The molecule has 0 saturated heterocycles.